The van der Waals surface area contributed by atoms with E-state index in [0.29, 0.717) is 12.1 Å². The van der Waals surface area contributed by atoms with E-state index in [9.17, 15) is 4.79 Å². The highest BCUT2D eigenvalue weighted by Crippen LogP contribution is 2.36. The van der Waals surface area contributed by atoms with Crippen LogP contribution in [0, 0.1) is 0 Å². The van der Waals surface area contributed by atoms with Gasteiger partial charge in [-0.05, 0) is 34.2 Å². The average Bonchev–Trinajstić information content (AvgIpc) is 2.80. The Morgan fingerprint density at radius 1 is 1.27 bits per heavy atom. The van der Waals surface area contributed by atoms with E-state index in [2.05, 4.69) is 11.9 Å². The van der Waals surface area contributed by atoms with Gasteiger partial charge in [-0.15, -0.1) is 0 Å². The van der Waals surface area contributed by atoms with Crippen molar-refractivity contribution in [2.75, 3.05) is 20.1 Å². The van der Waals surface area contributed by atoms with E-state index in [1.54, 1.807) is 0 Å². The van der Waals surface area contributed by atoms with Crippen LogP contribution >= 0.6 is 0 Å². The molecular weight excluding hydrogens is 192 g/mol. The lowest BCUT2D eigenvalue weighted by Gasteiger charge is -2.33. The Morgan fingerprint density at radius 2 is 1.93 bits per heavy atom. The lowest BCUT2D eigenvalue weighted by molar-refractivity contribution is 0.0149. The minimum Gasteiger partial charge on any atom is -0.444 e. The Labute approximate surface area is 91.2 Å². The number of nitrogens with zero attached hydrogens (tertiary/aromatic N) is 2. The first-order chi connectivity index (χ1) is 6.88. The maximum Gasteiger partial charge on any atom is 0.410 e. The van der Waals surface area contributed by atoms with Crippen LogP contribution in [0.2, 0.25) is 0 Å². The van der Waals surface area contributed by atoms with Crippen LogP contribution in [0.5, 0.6) is 0 Å². The molecule has 0 aromatic heterocycles. The molecule has 0 bridgehead atoms. The number of hydrogen-bond acceptors (Lipinski definition) is 3. The quantitative estimate of drug-likeness (QED) is 0.607. The number of piperazine rings is 1. The van der Waals surface area contributed by atoms with Gasteiger partial charge in [-0.25, -0.2) is 4.79 Å². The molecule has 0 N–H and O–H groups in total. The molecule has 1 aliphatic heterocycles. The summed E-state index contributed by atoms with van der Waals surface area (Å²) in [6.45, 7) is 7.48. The van der Waals surface area contributed by atoms with Gasteiger partial charge in [-0.2, -0.15) is 0 Å². The number of amides is 1. The van der Waals surface area contributed by atoms with Gasteiger partial charge in [-0.1, -0.05) is 0 Å². The Kier molecular flexibility index (Phi) is 2.41. The zero-order chi connectivity index (χ0) is 11.2. The van der Waals surface area contributed by atoms with Crippen LogP contribution in [0.25, 0.3) is 0 Å². The molecule has 1 aliphatic carbocycles. The summed E-state index contributed by atoms with van der Waals surface area (Å²) in [5.41, 5.74) is -0.384. The van der Waals surface area contributed by atoms with Gasteiger partial charge in [0.15, 0.2) is 0 Å². The van der Waals surface area contributed by atoms with Gasteiger partial charge in [-0.3, -0.25) is 4.90 Å². The third-order valence-electron chi connectivity index (χ3n) is 3.01. The van der Waals surface area contributed by atoms with Gasteiger partial charge in [0.25, 0.3) is 0 Å². The van der Waals surface area contributed by atoms with Gasteiger partial charge in [0.05, 0.1) is 6.04 Å². The fraction of sp³-hybridized carbons (Fsp3) is 0.909. The van der Waals surface area contributed by atoms with E-state index < -0.39 is 0 Å². The van der Waals surface area contributed by atoms with Crippen molar-refractivity contribution >= 4 is 6.09 Å². The van der Waals surface area contributed by atoms with Crippen molar-refractivity contribution in [1.29, 1.82) is 0 Å². The molecular formula is C11H20N2O2. The van der Waals surface area contributed by atoms with Gasteiger partial charge in [0.1, 0.15) is 5.60 Å². The molecule has 0 aromatic carbocycles. The third kappa shape index (κ3) is 2.25. The number of carbonyl (C=O) groups is 1. The van der Waals surface area contributed by atoms with E-state index in [-0.39, 0.29) is 11.7 Å². The number of rotatable bonds is 0. The second kappa shape index (κ2) is 3.37. The summed E-state index contributed by atoms with van der Waals surface area (Å²) in [4.78, 5) is 16.1. The standard InChI is InChI=1S/C11H20N2O2/c1-11(2,3)15-10(14)13-6-5-12(4)8-7-9(8)13/h8-9H,5-7H2,1-4H3. The molecule has 1 saturated carbocycles. The van der Waals surface area contributed by atoms with Crippen LogP contribution in [0.1, 0.15) is 27.2 Å². The second-order valence-electron chi connectivity index (χ2n) is 5.52. The number of carbonyl (C=O) groups excluding carboxylic acids is 1. The van der Waals surface area contributed by atoms with Crippen LogP contribution in [0.15, 0.2) is 0 Å². The number of fused-ring (bicyclic) bond motifs is 1. The lowest BCUT2D eigenvalue weighted by atomic mass is 10.2. The molecule has 2 unspecified atom stereocenters. The molecule has 1 heterocycles. The molecule has 0 spiro atoms. The monoisotopic (exact) mass is 212 g/mol. The highest BCUT2D eigenvalue weighted by molar-refractivity contribution is 5.69. The van der Waals surface area contributed by atoms with Crippen LogP contribution in [0.4, 0.5) is 4.79 Å². The van der Waals surface area contributed by atoms with Crippen molar-refractivity contribution in [3.05, 3.63) is 0 Å². The maximum absolute atomic E-state index is 11.8. The molecule has 2 atom stereocenters. The van der Waals surface area contributed by atoms with E-state index in [1.165, 1.54) is 0 Å². The van der Waals surface area contributed by atoms with Gasteiger partial charge in [0.2, 0.25) is 0 Å². The molecule has 2 aliphatic rings. The minimum atomic E-state index is -0.384. The Morgan fingerprint density at radius 3 is 2.53 bits per heavy atom. The molecule has 0 aromatic rings. The molecule has 15 heavy (non-hydrogen) atoms. The van der Waals surface area contributed by atoms with Gasteiger partial charge >= 0.3 is 6.09 Å². The molecule has 1 amide bonds. The Hall–Kier alpha value is -0.770. The van der Waals surface area contributed by atoms with Crippen molar-refractivity contribution in [2.24, 2.45) is 0 Å². The first-order valence-corrected chi connectivity index (χ1v) is 5.58. The van der Waals surface area contributed by atoms with Crippen LogP contribution < -0.4 is 0 Å². The molecule has 1 saturated heterocycles. The summed E-state index contributed by atoms with van der Waals surface area (Å²) in [7, 11) is 2.12. The molecule has 4 nitrogen and oxygen atoms in total. The summed E-state index contributed by atoms with van der Waals surface area (Å²) < 4.78 is 5.38. The summed E-state index contributed by atoms with van der Waals surface area (Å²) in [6.07, 6.45) is 0.957. The highest BCUT2D eigenvalue weighted by Gasteiger charge is 2.50. The van der Waals surface area contributed by atoms with Gasteiger partial charge < -0.3 is 9.64 Å². The molecule has 4 heteroatoms. The third-order valence-corrected chi connectivity index (χ3v) is 3.01. The predicted octanol–water partition coefficient (Wildman–Crippen LogP) is 1.31. The molecule has 2 fully saturated rings. The summed E-state index contributed by atoms with van der Waals surface area (Å²) in [6, 6.07) is 0.977. The van der Waals surface area contributed by atoms with Crippen molar-refractivity contribution in [2.45, 2.75) is 44.9 Å². The SMILES string of the molecule is CN1CCN(C(=O)OC(C)(C)C)C2CC21. The summed E-state index contributed by atoms with van der Waals surface area (Å²) in [5, 5.41) is 0. The number of likely N-dealkylation sites (N-methyl/N-ethyl adjacent to an activating group) is 1. The fourth-order valence-electron chi connectivity index (χ4n) is 2.12. The Balaban J connectivity index is 1.92. The highest BCUT2D eigenvalue weighted by atomic mass is 16.6. The van der Waals surface area contributed by atoms with Crippen molar-refractivity contribution in [1.82, 2.24) is 9.80 Å². The van der Waals surface area contributed by atoms with Crippen LogP contribution in [-0.2, 0) is 4.74 Å². The molecule has 0 radical (unpaired) electrons. The van der Waals surface area contributed by atoms with E-state index in [4.69, 9.17) is 4.74 Å². The van der Waals surface area contributed by atoms with Gasteiger partial charge in [0, 0.05) is 19.1 Å². The number of ether oxygens (including phenoxy) is 1. The molecule has 86 valence electrons. The van der Waals surface area contributed by atoms with Crippen molar-refractivity contribution in [3.8, 4) is 0 Å². The normalized spacial score (nSPS) is 31.1. The van der Waals surface area contributed by atoms with E-state index in [0.717, 1.165) is 19.5 Å². The smallest absolute Gasteiger partial charge is 0.410 e. The zero-order valence-corrected chi connectivity index (χ0v) is 9.99. The van der Waals surface area contributed by atoms with Crippen LogP contribution in [-0.4, -0.2) is 53.7 Å². The largest absolute Gasteiger partial charge is 0.444 e. The number of hydrogen-bond donors (Lipinski definition) is 0. The summed E-state index contributed by atoms with van der Waals surface area (Å²) >= 11 is 0. The average molecular weight is 212 g/mol. The first kappa shape index (κ1) is 10.7. The minimum absolute atomic E-state index is 0.150. The summed E-state index contributed by atoms with van der Waals surface area (Å²) in [5.74, 6) is 0. The lowest BCUT2D eigenvalue weighted by Crippen LogP contribution is -2.48. The second-order valence-corrected chi connectivity index (χ2v) is 5.52. The first-order valence-electron chi connectivity index (χ1n) is 5.58. The van der Waals surface area contributed by atoms with Crippen molar-refractivity contribution in [3.63, 3.8) is 0 Å². The van der Waals surface area contributed by atoms with E-state index >= 15 is 0 Å². The van der Waals surface area contributed by atoms with Crippen LogP contribution in [0.3, 0.4) is 0 Å². The van der Waals surface area contributed by atoms with Crippen molar-refractivity contribution < 1.29 is 9.53 Å². The Bertz CT molecular complexity index is 272. The predicted molar refractivity (Wildman–Crippen MR) is 57.8 cm³/mol. The zero-order valence-electron chi connectivity index (χ0n) is 9.99. The molecule has 2 rings (SSSR count). The maximum atomic E-state index is 11.8. The fourth-order valence-corrected chi connectivity index (χ4v) is 2.12. The van der Waals surface area contributed by atoms with E-state index in [1.807, 2.05) is 25.7 Å². The topological polar surface area (TPSA) is 32.8 Å².